The first-order valence-electron chi connectivity index (χ1n) is 5.14. The highest BCUT2D eigenvalue weighted by Crippen LogP contribution is 2.14. The van der Waals surface area contributed by atoms with Gasteiger partial charge < -0.3 is 10.1 Å². The normalized spacial score (nSPS) is 19.2. The van der Waals surface area contributed by atoms with Gasteiger partial charge in [0.2, 0.25) is 10.0 Å². The average Bonchev–Trinajstić information content (AvgIpc) is 2.10. The molecule has 0 spiro atoms. The van der Waals surface area contributed by atoms with E-state index in [1.54, 1.807) is 0 Å². The van der Waals surface area contributed by atoms with Crippen molar-refractivity contribution < 1.29 is 17.9 Å². The van der Waals surface area contributed by atoms with Gasteiger partial charge in [0.25, 0.3) is 5.91 Å². The van der Waals surface area contributed by atoms with Gasteiger partial charge in [0, 0.05) is 13.1 Å². The summed E-state index contributed by atoms with van der Waals surface area (Å²) in [6.45, 7) is 6.01. The van der Waals surface area contributed by atoms with E-state index in [2.05, 4.69) is 5.32 Å². The van der Waals surface area contributed by atoms with Crippen LogP contribution in [-0.2, 0) is 19.6 Å². The van der Waals surface area contributed by atoms with Crippen LogP contribution in [0.15, 0.2) is 0 Å². The van der Waals surface area contributed by atoms with Gasteiger partial charge in [0.15, 0.2) is 0 Å². The molecule has 1 amide bonds. The SMILES string of the molecule is CC(C)S(=O)(=O)NC(=O)COC1(C)CNC1. The summed E-state index contributed by atoms with van der Waals surface area (Å²) in [7, 11) is -3.55. The molecule has 16 heavy (non-hydrogen) atoms. The molecule has 0 radical (unpaired) electrons. The van der Waals surface area contributed by atoms with Gasteiger partial charge in [-0.1, -0.05) is 0 Å². The summed E-state index contributed by atoms with van der Waals surface area (Å²) in [6.07, 6.45) is 0. The number of sulfonamides is 1. The number of hydrogen-bond donors (Lipinski definition) is 2. The van der Waals surface area contributed by atoms with Crippen molar-refractivity contribution in [2.24, 2.45) is 0 Å². The Kier molecular flexibility index (Phi) is 3.92. The number of hydrogen-bond acceptors (Lipinski definition) is 5. The van der Waals surface area contributed by atoms with Gasteiger partial charge in [-0.25, -0.2) is 8.42 Å². The summed E-state index contributed by atoms with van der Waals surface area (Å²) in [5, 5.41) is 2.39. The molecule has 0 saturated carbocycles. The third-order valence-electron chi connectivity index (χ3n) is 2.43. The lowest BCUT2D eigenvalue weighted by Gasteiger charge is -2.38. The Morgan fingerprint density at radius 2 is 2.06 bits per heavy atom. The zero-order valence-corrected chi connectivity index (χ0v) is 10.6. The Bertz CT molecular complexity index is 360. The van der Waals surface area contributed by atoms with E-state index < -0.39 is 21.2 Å². The molecule has 0 aliphatic carbocycles. The molecular weight excluding hydrogens is 232 g/mol. The standard InChI is InChI=1S/C9H18N2O4S/c1-7(2)16(13,14)11-8(12)4-15-9(3)5-10-6-9/h7,10H,4-6H2,1-3H3,(H,11,12). The van der Waals surface area contributed by atoms with Crippen LogP contribution in [-0.4, -0.2) is 44.9 Å². The quantitative estimate of drug-likeness (QED) is 0.668. The van der Waals surface area contributed by atoms with Crippen LogP contribution in [0, 0.1) is 0 Å². The largest absolute Gasteiger partial charge is 0.363 e. The molecule has 1 heterocycles. The number of rotatable bonds is 5. The van der Waals surface area contributed by atoms with Gasteiger partial charge in [0.1, 0.15) is 6.61 Å². The van der Waals surface area contributed by atoms with E-state index in [0.29, 0.717) is 13.1 Å². The molecule has 7 heteroatoms. The van der Waals surface area contributed by atoms with Crippen molar-refractivity contribution in [2.75, 3.05) is 19.7 Å². The van der Waals surface area contributed by atoms with Crippen molar-refractivity contribution in [1.82, 2.24) is 10.0 Å². The fourth-order valence-electron chi connectivity index (χ4n) is 1.12. The van der Waals surface area contributed by atoms with Crippen LogP contribution in [0.3, 0.4) is 0 Å². The molecule has 0 aromatic heterocycles. The summed E-state index contributed by atoms with van der Waals surface area (Å²) in [6, 6.07) is 0. The van der Waals surface area contributed by atoms with E-state index >= 15 is 0 Å². The molecule has 0 unspecified atom stereocenters. The summed E-state index contributed by atoms with van der Waals surface area (Å²) in [4.78, 5) is 11.3. The van der Waals surface area contributed by atoms with Gasteiger partial charge in [-0.3, -0.25) is 9.52 Å². The Balaban J connectivity index is 2.36. The minimum atomic E-state index is -3.55. The summed E-state index contributed by atoms with van der Waals surface area (Å²) in [5.41, 5.74) is -0.348. The van der Waals surface area contributed by atoms with Crippen LogP contribution in [0.25, 0.3) is 0 Å². The second kappa shape index (κ2) is 4.68. The van der Waals surface area contributed by atoms with Crippen LogP contribution < -0.4 is 10.0 Å². The van der Waals surface area contributed by atoms with Crippen LogP contribution in [0.5, 0.6) is 0 Å². The lowest BCUT2D eigenvalue weighted by Crippen LogP contribution is -2.59. The molecule has 6 nitrogen and oxygen atoms in total. The Labute approximate surface area is 95.8 Å². The predicted molar refractivity (Wildman–Crippen MR) is 59.4 cm³/mol. The maximum Gasteiger partial charge on any atom is 0.259 e. The molecule has 0 aromatic rings. The first kappa shape index (κ1) is 13.4. The smallest absolute Gasteiger partial charge is 0.259 e. The van der Waals surface area contributed by atoms with Gasteiger partial charge in [-0.2, -0.15) is 0 Å². The molecule has 0 bridgehead atoms. The third-order valence-corrected chi connectivity index (χ3v) is 4.18. The van der Waals surface area contributed by atoms with Crippen molar-refractivity contribution >= 4 is 15.9 Å². The maximum atomic E-state index is 11.3. The predicted octanol–water partition coefficient (Wildman–Crippen LogP) is -0.781. The monoisotopic (exact) mass is 250 g/mol. The van der Waals surface area contributed by atoms with Crippen molar-refractivity contribution in [2.45, 2.75) is 31.6 Å². The fourth-order valence-corrected chi connectivity index (χ4v) is 1.74. The first-order valence-corrected chi connectivity index (χ1v) is 6.69. The average molecular weight is 250 g/mol. The zero-order chi connectivity index (χ0) is 12.4. The molecule has 1 aliphatic heterocycles. The molecule has 0 atom stereocenters. The van der Waals surface area contributed by atoms with Gasteiger partial charge >= 0.3 is 0 Å². The molecule has 1 saturated heterocycles. The minimum absolute atomic E-state index is 0.232. The van der Waals surface area contributed by atoms with Gasteiger partial charge in [-0.05, 0) is 20.8 Å². The van der Waals surface area contributed by atoms with Gasteiger partial charge in [0.05, 0.1) is 10.9 Å². The Morgan fingerprint density at radius 3 is 2.44 bits per heavy atom. The summed E-state index contributed by atoms with van der Waals surface area (Å²) < 4.78 is 30.0. The second-order valence-corrected chi connectivity index (χ2v) is 6.70. The van der Waals surface area contributed by atoms with E-state index in [0.717, 1.165) is 0 Å². The molecular formula is C9H18N2O4S. The molecule has 1 aliphatic rings. The number of nitrogens with one attached hydrogen (secondary N) is 2. The first-order chi connectivity index (χ1) is 7.25. The topological polar surface area (TPSA) is 84.5 Å². The van der Waals surface area contributed by atoms with Crippen LogP contribution in [0.1, 0.15) is 20.8 Å². The van der Waals surface area contributed by atoms with Crippen molar-refractivity contribution in [3.63, 3.8) is 0 Å². The molecule has 94 valence electrons. The Hall–Kier alpha value is -0.660. The van der Waals surface area contributed by atoms with Crippen molar-refractivity contribution in [3.05, 3.63) is 0 Å². The number of amides is 1. The van der Waals surface area contributed by atoms with Crippen LogP contribution >= 0.6 is 0 Å². The molecule has 2 N–H and O–H groups in total. The lowest BCUT2D eigenvalue weighted by atomic mass is 10.0. The highest BCUT2D eigenvalue weighted by molar-refractivity contribution is 7.90. The van der Waals surface area contributed by atoms with Crippen molar-refractivity contribution in [1.29, 1.82) is 0 Å². The number of carbonyl (C=O) groups excluding carboxylic acids is 1. The molecule has 0 aromatic carbocycles. The van der Waals surface area contributed by atoms with E-state index in [-0.39, 0.29) is 12.2 Å². The lowest BCUT2D eigenvalue weighted by molar-refractivity contribution is -0.134. The number of carbonyl (C=O) groups is 1. The van der Waals surface area contributed by atoms with Crippen LogP contribution in [0.2, 0.25) is 0 Å². The van der Waals surface area contributed by atoms with E-state index in [1.165, 1.54) is 13.8 Å². The fraction of sp³-hybridized carbons (Fsp3) is 0.889. The second-order valence-electron chi connectivity index (χ2n) is 4.46. The highest BCUT2D eigenvalue weighted by Gasteiger charge is 2.33. The maximum absolute atomic E-state index is 11.3. The third kappa shape index (κ3) is 3.43. The summed E-state index contributed by atoms with van der Waals surface area (Å²) >= 11 is 0. The zero-order valence-electron chi connectivity index (χ0n) is 9.74. The Morgan fingerprint density at radius 1 is 1.50 bits per heavy atom. The highest BCUT2D eigenvalue weighted by atomic mass is 32.2. The number of ether oxygens (including phenoxy) is 1. The minimum Gasteiger partial charge on any atom is -0.363 e. The summed E-state index contributed by atoms with van der Waals surface area (Å²) in [5.74, 6) is -0.623. The van der Waals surface area contributed by atoms with Gasteiger partial charge in [-0.15, -0.1) is 0 Å². The van der Waals surface area contributed by atoms with E-state index in [9.17, 15) is 13.2 Å². The molecule has 1 fully saturated rings. The molecule has 1 rings (SSSR count). The van der Waals surface area contributed by atoms with E-state index in [1.807, 2.05) is 11.6 Å². The van der Waals surface area contributed by atoms with E-state index in [4.69, 9.17) is 4.74 Å². The van der Waals surface area contributed by atoms with Crippen LogP contribution in [0.4, 0.5) is 0 Å². The van der Waals surface area contributed by atoms with Crippen molar-refractivity contribution in [3.8, 4) is 0 Å².